The third-order valence-electron chi connectivity index (χ3n) is 10.9. The molecule has 0 unspecified atom stereocenters. The van der Waals surface area contributed by atoms with Gasteiger partial charge in [-0.05, 0) is 90.3 Å². The summed E-state index contributed by atoms with van der Waals surface area (Å²) in [6, 6.07) is 62.7. The second-order valence-electron chi connectivity index (χ2n) is 14.5. The van der Waals surface area contributed by atoms with E-state index in [9.17, 15) is 0 Å². The number of rotatable bonds is 5. The lowest BCUT2D eigenvalue weighted by molar-refractivity contribution is 0.661. The van der Waals surface area contributed by atoms with Crippen molar-refractivity contribution in [2.75, 3.05) is 0 Å². The van der Waals surface area contributed by atoms with Gasteiger partial charge in [0.15, 0.2) is 17.5 Å². The Morgan fingerprint density at radius 2 is 0.849 bits per heavy atom. The standard InChI is InChI=1S/C50H35N3/c1-50(2)44-27-25-33-13-8-9-21-42(33)46(44)43-26-24-39(31-45(43)50)37-18-10-17-36(28-37)38-19-11-20-40(30-38)48-51-47(34-14-4-3-5-15-34)52-49(53-48)41-23-22-32-12-6-7-16-35(32)29-41/h3-31H,1-2H3. The van der Waals surface area contributed by atoms with Crippen LogP contribution in [-0.4, -0.2) is 15.0 Å². The molecule has 0 saturated heterocycles. The number of nitrogens with zero attached hydrogens (tertiary/aromatic N) is 3. The molecule has 0 amide bonds. The molecule has 0 aliphatic heterocycles. The Balaban J connectivity index is 1.04. The summed E-state index contributed by atoms with van der Waals surface area (Å²) >= 11 is 0. The molecule has 53 heavy (non-hydrogen) atoms. The van der Waals surface area contributed by atoms with E-state index in [1.807, 2.05) is 30.3 Å². The molecule has 1 heterocycles. The number of hydrogen-bond acceptors (Lipinski definition) is 3. The number of hydrogen-bond donors (Lipinski definition) is 0. The van der Waals surface area contributed by atoms with Crippen molar-refractivity contribution in [2.45, 2.75) is 19.3 Å². The van der Waals surface area contributed by atoms with Gasteiger partial charge in [0.05, 0.1) is 0 Å². The third-order valence-corrected chi connectivity index (χ3v) is 10.9. The molecule has 1 aliphatic rings. The summed E-state index contributed by atoms with van der Waals surface area (Å²) in [5.41, 5.74) is 12.9. The highest BCUT2D eigenvalue weighted by atomic mass is 15.0. The van der Waals surface area contributed by atoms with Gasteiger partial charge in [-0.25, -0.2) is 15.0 Å². The normalized spacial score (nSPS) is 12.9. The number of fused-ring (bicyclic) bond motifs is 6. The van der Waals surface area contributed by atoms with Crippen LogP contribution in [0.1, 0.15) is 25.0 Å². The van der Waals surface area contributed by atoms with Crippen molar-refractivity contribution >= 4 is 21.5 Å². The van der Waals surface area contributed by atoms with E-state index in [1.165, 1.54) is 49.5 Å². The molecule has 1 aromatic heterocycles. The zero-order valence-corrected chi connectivity index (χ0v) is 29.6. The Labute approximate surface area is 309 Å². The van der Waals surface area contributed by atoms with Gasteiger partial charge in [-0.3, -0.25) is 0 Å². The van der Waals surface area contributed by atoms with Crippen molar-refractivity contribution in [3.8, 4) is 67.5 Å². The summed E-state index contributed by atoms with van der Waals surface area (Å²) in [6.45, 7) is 4.71. The highest BCUT2D eigenvalue weighted by molar-refractivity contribution is 6.03. The van der Waals surface area contributed by atoms with Crippen LogP contribution in [0.25, 0.3) is 89.1 Å². The Bertz CT molecular complexity index is 2870. The summed E-state index contributed by atoms with van der Waals surface area (Å²) in [7, 11) is 0. The maximum atomic E-state index is 5.07. The van der Waals surface area contributed by atoms with Crippen molar-refractivity contribution < 1.29 is 0 Å². The maximum Gasteiger partial charge on any atom is 0.164 e. The Kier molecular flexibility index (Phi) is 7.16. The summed E-state index contributed by atoms with van der Waals surface area (Å²) in [5, 5.41) is 4.95. The minimum atomic E-state index is -0.0918. The smallest absolute Gasteiger partial charge is 0.164 e. The van der Waals surface area contributed by atoms with Crippen LogP contribution in [0.15, 0.2) is 176 Å². The second kappa shape index (κ2) is 12.2. The average molecular weight is 678 g/mol. The van der Waals surface area contributed by atoms with Crippen molar-refractivity contribution in [3.63, 3.8) is 0 Å². The predicted octanol–water partition coefficient (Wildman–Crippen LogP) is 12.8. The van der Waals surface area contributed by atoms with Crippen LogP contribution in [0.5, 0.6) is 0 Å². The SMILES string of the molecule is CC1(C)c2cc(-c3cccc(-c4cccc(-c5nc(-c6ccccc6)nc(-c6ccc7ccccc7c6)n5)c4)c3)ccc2-c2c1ccc1ccccc21. The van der Waals surface area contributed by atoms with Gasteiger partial charge in [-0.15, -0.1) is 0 Å². The van der Waals surface area contributed by atoms with Crippen LogP contribution >= 0.6 is 0 Å². The molecule has 10 rings (SSSR count). The minimum Gasteiger partial charge on any atom is -0.208 e. The van der Waals surface area contributed by atoms with Crippen LogP contribution in [0.3, 0.4) is 0 Å². The monoisotopic (exact) mass is 677 g/mol. The zero-order valence-electron chi connectivity index (χ0n) is 29.6. The second-order valence-corrected chi connectivity index (χ2v) is 14.5. The van der Waals surface area contributed by atoms with Gasteiger partial charge >= 0.3 is 0 Å². The molecule has 3 nitrogen and oxygen atoms in total. The first-order valence-electron chi connectivity index (χ1n) is 18.2. The van der Waals surface area contributed by atoms with Gasteiger partial charge < -0.3 is 0 Å². The quantitative estimate of drug-likeness (QED) is 0.182. The van der Waals surface area contributed by atoms with Gasteiger partial charge in [-0.2, -0.15) is 0 Å². The fraction of sp³-hybridized carbons (Fsp3) is 0.0600. The van der Waals surface area contributed by atoms with Crippen LogP contribution in [0, 0.1) is 0 Å². The van der Waals surface area contributed by atoms with Crippen LogP contribution < -0.4 is 0 Å². The van der Waals surface area contributed by atoms with Gasteiger partial charge in [0.2, 0.25) is 0 Å². The third kappa shape index (κ3) is 5.32. The van der Waals surface area contributed by atoms with Gasteiger partial charge in [0.1, 0.15) is 0 Å². The van der Waals surface area contributed by atoms with E-state index >= 15 is 0 Å². The first-order valence-corrected chi connectivity index (χ1v) is 18.2. The summed E-state index contributed by atoms with van der Waals surface area (Å²) < 4.78 is 0. The molecule has 0 fully saturated rings. The van der Waals surface area contributed by atoms with Crippen molar-refractivity contribution in [2.24, 2.45) is 0 Å². The van der Waals surface area contributed by atoms with Crippen LogP contribution in [-0.2, 0) is 5.41 Å². The molecule has 0 radical (unpaired) electrons. The molecule has 250 valence electrons. The van der Waals surface area contributed by atoms with Crippen molar-refractivity contribution in [1.29, 1.82) is 0 Å². The highest BCUT2D eigenvalue weighted by Gasteiger charge is 2.36. The van der Waals surface area contributed by atoms with Crippen LogP contribution in [0.4, 0.5) is 0 Å². The predicted molar refractivity (Wildman–Crippen MR) is 220 cm³/mol. The van der Waals surface area contributed by atoms with Gasteiger partial charge in [-0.1, -0.05) is 166 Å². The zero-order chi connectivity index (χ0) is 35.5. The van der Waals surface area contributed by atoms with Gasteiger partial charge in [0.25, 0.3) is 0 Å². The first kappa shape index (κ1) is 31.1. The Morgan fingerprint density at radius 3 is 1.58 bits per heavy atom. The molecular weight excluding hydrogens is 643 g/mol. The largest absolute Gasteiger partial charge is 0.208 e. The lowest BCUT2D eigenvalue weighted by Gasteiger charge is -2.22. The molecule has 8 aromatic carbocycles. The van der Waals surface area contributed by atoms with Crippen molar-refractivity contribution in [1.82, 2.24) is 15.0 Å². The molecule has 9 aromatic rings. The molecular formula is C50H35N3. The summed E-state index contributed by atoms with van der Waals surface area (Å²) in [5.74, 6) is 1.95. The van der Waals surface area contributed by atoms with E-state index in [0.717, 1.165) is 33.2 Å². The number of aromatic nitrogens is 3. The Hall–Kier alpha value is -6.71. The van der Waals surface area contributed by atoms with E-state index < -0.39 is 0 Å². The molecule has 0 saturated carbocycles. The Morgan fingerprint density at radius 1 is 0.340 bits per heavy atom. The number of benzene rings is 8. The fourth-order valence-electron chi connectivity index (χ4n) is 8.08. The van der Waals surface area contributed by atoms with Crippen LogP contribution in [0.2, 0.25) is 0 Å². The molecule has 0 spiro atoms. The summed E-state index contributed by atoms with van der Waals surface area (Å²) in [4.78, 5) is 15.1. The summed E-state index contributed by atoms with van der Waals surface area (Å²) in [6.07, 6.45) is 0. The van der Waals surface area contributed by atoms with E-state index in [2.05, 4.69) is 159 Å². The van der Waals surface area contributed by atoms with E-state index in [1.54, 1.807) is 0 Å². The lowest BCUT2D eigenvalue weighted by atomic mass is 9.81. The topological polar surface area (TPSA) is 38.7 Å². The molecule has 3 heteroatoms. The molecule has 0 bridgehead atoms. The van der Waals surface area contributed by atoms with E-state index in [0.29, 0.717) is 17.5 Å². The lowest BCUT2D eigenvalue weighted by Crippen LogP contribution is -2.15. The minimum absolute atomic E-state index is 0.0918. The van der Waals surface area contributed by atoms with Crippen molar-refractivity contribution in [3.05, 3.63) is 187 Å². The van der Waals surface area contributed by atoms with E-state index in [-0.39, 0.29) is 5.41 Å². The average Bonchev–Trinajstić information content (AvgIpc) is 3.46. The first-order chi connectivity index (χ1) is 26.0. The maximum absolute atomic E-state index is 5.07. The molecule has 0 atom stereocenters. The van der Waals surface area contributed by atoms with Gasteiger partial charge in [0, 0.05) is 22.1 Å². The molecule has 0 N–H and O–H groups in total. The highest BCUT2D eigenvalue weighted by Crippen LogP contribution is 2.52. The van der Waals surface area contributed by atoms with E-state index in [4.69, 9.17) is 15.0 Å². The fourth-order valence-corrected chi connectivity index (χ4v) is 8.08. The molecule has 1 aliphatic carbocycles.